The summed E-state index contributed by atoms with van der Waals surface area (Å²) in [6.07, 6.45) is 10.5. The van der Waals surface area contributed by atoms with Crippen LogP contribution in [-0.2, 0) is 19.5 Å². The second-order valence-electron chi connectivity index (χ2n) is 7.93. The third-order valence-corrected chi connectivity index (χ3v) is 6.09. The van der Waals surface area contributed by atoms with Gasteiger partial charge < -0.3 is 14.8 Å². The summed E-state index contributed by atoms with van der Waals surface area (Å²) in [5, 5.41) is 2.95. The number of fused-ring (bicyclic) bond motifs is 1. The zero-order chi connectivity index (χ0) is 20.2. The normalized spacial score (nSPS) is 18.9. The Morgan fingerprint density at radius 2 is 1.93 bits per heavy atom. The van der Waals surface area contributed by atoms with E-state index in [2.05, 4.69) is 22.2 Å². The van der Waals surface area contributed by atoms with E-state index >= 15 is 0 Å². The Labute approximate surface area is 171 Å². The molecule has 29 heavy (non-hydrogen) atoms. The fourth-order valence-corrected chi connectivity index (χ4v) is 4.48. The second kappa shape index (κ2) is 8.76. The predicted octanol–water partition coefficient (Wildman–Crippen LogP) is 2.95. The van der Waals surface area contributed by atoms with Crippen molar-refractivity contribution in [2.24, 2.45) is 0 Å². The number of piperidine rings is 1. The number of likely N-dealkylation sites (tertiary alicyclic amines) is 1. The lowest BCUT2D eigenvalue weighted by atomic mass is 10.00. The van der Waals surface area contributed by atoms with Gasteiger partial charge in [-0.3, -0.25) is 14.6 Å². The van der Waals surface area contributed by atoms with E-state index in [0.29, 0.717) is 18.1 Å². The lowest BCUT2D eigenvalue weighted by Gasteiger charge is -2.35. The average Bonchev–Trinajstić information content (AvgIpc) is 3.17. The molecule has 1 saturated heterocycles. The van der Waals surface area contributed by atoms with Gasteiger partial charge in [-0.2, -0.15) is 0 Å². The zero-order valence-electron chi connectivity index (χ0n) is 17.1. The van der Waals surface area contributed by atoms with Crippen LogP contribution in [0.3, 0.4) is 0 Å². The molecule has 2 aliphatic heterocycles. The van der Waals surface area contributed by atoms with Gasteiger partial charge in [0.2, 0.25) is 0 Å². The molecule has 2 aromatic heterocycles. The maximum Gasteiger partial charge on any atom is 0.290 e. The highest BCUT2D eigenvalue weighted by atomic mass is 16.2. The summed E-state index contributed by atoms with van der Waals surface area (Å²) < 4.78 is 1.99. The molecule has 2 amide bonds. The quantitative estimate of drug-likeness (QED) is 0.844. The third-order valence-electron chi connectivity index (χ3n) is 6.09. The van der Waals surface area contributed by atoms with Crippen LogP contribution in [0.1, 0.15) is 77.8 Å². The summed E-state index contributed by atoms with van der Waals surface area (Å²) in [7, 11) is 0. The first-order chi connectivity index (χ1) is 14.2. The minimum Gasteiger partial charge on any atom is -0.347 e. The van der Waals surface area contributed by atoms with Crippen LogP contribution in [0.4, 0.5) is 0 Å². The van der Waals surface area contributed by atoms with E-state index in [1.807, 2.05) is 21.6 Å². The van der Waals surface area contributed by atoms with Gasteiger partial charge in [0.1, 0.15) is 5.69 Å². The highest BCUT2D eigenvalue weighted by molar-refractivity contribution is 5.97. The number of pyridine rings is 1. The van der Waals surface area contributed by atoms with Gasteiger partial charge in [0.05, 0.1) is 5.69 Å². The number of nitrogens with zero attached hydrogens (tertiary/aromatic N) is 4. The predicted molar refractivity (Wildman–Crippen MR) is 110 cm³/mol. The van der Waals surface area contributed by atoms with Crippen LogP contribution < -0.4 is 5.32 Å². The Kier molecular flexibility index (Phi) is 5.92. The summed E-state index contributed by atoms with van der Waals surface area (Å²) in [6, 6.07) is 4.02. The molecule has 2 aromatic rings. The van der Waals surface area contributed by atoms with Gasteiger partial charge in [0.15, 0.2) is 5.82 Å². The molecule has 0 aliphatic carbocycles. The molecule has 0 bridgehead atoms. The summed E-state index contributed by atoms with van der Waals surface area (Å²) in [4.78, 5) is 36.8. The van der Waals surface area contributed by atoms with Crippen molar-refractivity contribution in [2.45, 2.75) is 71.0 Å². The minimum atomic E-state index is -0.211. The molecule has 0 radical (unpaired) electrons. The Hall–Kier alpha value is -2.70. The lowest BCUT2D eigenvalue weighted by molar-refractivity contribution is 0.0589. The fourth-order valence-electron chi connectivity index (χ4n) is 4.48. The van der Waals surface area contributed by atoms with Crippen LogP contribution in [0.15, 0.2) is 24.5 Å². The molecule has 0 saturated carbocycles. The molecule has 0 aromatic carbocycles. The van der Waals surface area contributed by atoms with Gasteiger partial charge in [-0.1, -0.05) is 6.92 Å². The first-order valence-electron chi connectivity index (χ1n) is 10.8. The Morgan fingerprint density at radius 1 is 1.14 bits per heavy atom. The molecule has 1 unspecified atom stereocenters. The van der Waals surface area contributed by atoms with E-state index in [1.165, 1.54) is 6.42 Å². The fraction of sp³-hybridized carbons (Fsp3) is 0.545. The molecule has 7 nitrogen and oxygen atoms in total. The molecule has 7 heteroatoms. The summed E-state index contributed by atoms with van der Waals surface area (Å²) in [5.41, 5.74) is 2.29. The molecule has 1 atom stereocenters. The van der Waals surface area contributed by atoms with Crippen LogP contribution in [0.2, 0.25) is 0 Å². The third kappa shape index (κ3) is 4.04. The molecule has 2 aliphatic rings. The van der Waals surface area contributed by atoms with E-state index in [4.69, 9.17) is 0 Å². The van der Waals surface area contributed by atoms with Crippen molar-refractivity contribution in [1.82, 2.24) is 24.8 Å². The van der Waals surface area contributed by atoms with E-state index in [1.54, 1.807) is 12.4 Å². The van der Waals surface area contributed by atoms with Crippen LogP contribution in [0, 0.1) is 0 Å². The highest BCUT2D eigenvalue weighted by Crippen LogP contribution is 2.25. The smallest absolute Gasteiger partial charge is 0.290 e. The van der Waals surface area contributed by atoms with Crippen molar-refractivity contribution in [3.8, 4) is 0 Å². The van der Waals surface area contributed by atoms with Gasteiger partial charge in [-0.15, -0.1) is 0 Å². The number of amides is 2. The molecule has 0 spiro atoms. The largest absolute Gasteiger partial charge is 0.347 e. The van der Waals surface area contributed by atoms with Gasteiger partial charge in [0.25, 0.3) is 11.8 Å². The minimum absolute atomic E-state index is 0.0205. The second-order valence-corrected chi connectivity index (χ2v) is 7.93. The van der Waals surface area contributed by atoms with Crippen LogP contribution in [0.5, 0.6) is 0 Å². The van der Waals surface area contributed by atoms with E-state index in [9.17, 15) is 9.59 Å². The van der Waals surface area contributed by atoms with Crippen molar-refractivity contribution in [1.29, 1.82) is 0 Å². The lowest BCUT2D eigenvalue weighted by Crippen LogP contribution is -2.44. The topological polar surface area (TPSA) is 80.1 Å². The first kappa shape index (κ1) is 19.6. The number of hydrogen-bond acceptors (Lipinski definition) is 4. The van der Waals surface area contributed by atoms with Crippen molar-refractivity contribution in [2.75, 3.05) is 6.54 Å². The van der Waals surface area contributed by atoms with Crippen molar-refractivity contribution in [3.05, 3.63) is 47.3 Å². The summed E-state index contributed by atoms with van der Waals surface area (Å²) in [6.45, 7) is 4.09. The van der Waals surface area contributed by atoms with Crippen LogP contribution in [0.25, 0.3) is 0 Å². The van der Waals surface area contributed by atoms with Crippen molar-refractivity contribution >= 4 is 11.8 Å². The van der Waals surface area contributed by atoms with Crippen LogP contribution in [-0.4, -0.2) is 43.8 Å². The molecule has 1 fully saturated rings. The molecule has 4 rings (SSSR count). The number of carbonyl (C=O) groups excluding carboxylic acids is 2. The molecule has 4 heterocycles. The number of nitrogens with one attached hydrogen (secondary N) is 1. The van der Waals surface area contributed by atoms with E-state index < -0.39 is 0 Å². The Morgan fingerprint density at radius 3 is 2.72 bits per heavy atom. The van der Waals surface area contributed by atoms with Crippen molar-refractivity contribution in [3.63, 3.8) is 0 Å². The number of hydrogen-bond donors (Lipinski definition) is 1. The first-order valence-corrected chi connectivity index (χ1v) is 10.8. The zero-order valence-corrected chi connectivity index (χ0v) is 17.1. The SMILES string of the molecule is CCC1CCCCN1C(=O)c1nc(C(=O)NCc2ccncc2)c2n1CCCC2. The standard InChI is InChI=1S/C22H29N5O2/c1-2-17-7-3-5-13-26(17)22(29)20-25-19(18-8-4-6-14-27(18)20)21(28)24-15-16-9-11-23-12-10-16/h9-12,17H,2-8,13-15H2,1H3,(H,24,28). The van der Waals surface area contributed by atoms with E-state index in [0.717, 1.165) is 62.9 Å². The van der Waals surface area contributed by atoms with Gasteiger partial charge in [0, 0.05) is 38.1 Å². The highest BCUT2D eigenvalue weighted by Gasteiger charge is 2.33. The maximum atomic E-state index is 13.4. The molecular weight excluding hydrogens is 366 g/mol. The van der Waals surface area contributed by atoms with Crippen molar-refractivity contribution < 1.29 is 9.59 Å². The molecule has 1 N–H and O–H groups in total. The summed E-state index contributed by atoms with van der Waals surface area (Å²) >= 11 is 0. The van der Waals surface area contributed by atoms with Gasteiger partial charge >= 0.3 is 0 Å². The van der Waals surface area contributed by atoms with Gasteiger partial charge in [-0.25, -0.2) is 4.98 Å². The molecular formula is C22H29N5O2. The Balaban J connectivity index is 1.58. The van der Waals surface area contributed by atoms with Gasteiger partial charge in [-0.05, 0) is 62.6 Å². The average molecular weight is 396 g/mol. The summed E-state index contributed by atoms with van der Waals surface area (Å²) in [5.74, 6) is 0.208. The van der Waals surface area contributed by atoms with E-state index in [-0.39, 0.29) is 17.9 Å². The number of carbonyl (C=O) groups is 2. The Bertz CT molecular complexity index is 877. The molecule has 154 valence electrons. The maximum absolute atomic E-state index is 13.4. The monoisotopic (exact) mass is 395 g/mol. The van der Waals surface area contributed by atoms with Crippen LogP contribution >= 0.6 is 0 Å². The number of aromatic nitrogens is 3. The number of imidazole rings is 1. The number of rotatable bonds is 5.